The molecule has 0 saturated heterocycles. The van der Waals surface area contributed by atoms with Crippen LogP contribution in [0.4, 0.5) is 32.0 Å². The summed E-state index contributed by atoms with van der Waals surface area (Å²) in [7, 11) is 0. The third-order valence-corrected chi connectivity index (χ3v) is 2.35. The number of rotatable bonds is 3. The van der Waals surface area contributed by atoms with Crippen LogP contribution in [0.25, 0.3) is 0 Å². The molecule has 0 atom stereocenters. The highest BCUT2D eigenvalue weighted by molar-refractivity contribution is 5.46. The molecular weight excluding hydrogens is 260 g/mol. The van der Waals surface area contributed by atoms with E-state index in [0.717, 1.165) is 12.1 Å². The van der Waals surface area contributed by atoms with Crippen molar-refractivity contribution in [2.75, 3.05) is 5.73 Å². The Kier molecular flexibility index (Phi) is 4.13. The minimum atomic E-state index is -4.61. The quantitative estimate of drug-likeness (QED) is 0.648. The van der Waals surface area contributed by atoms with Crippen molar-refractivity contribution >= 4 is 5.69 Å². The summed E-state index contributed by atoms with van der Waals surface area (Å²) in [6.45, 7) is 0. The monoisotopic (exact) mass is 271 g/mol. The summed E-state index contributed by atoms with van der Waals surface area (Å²) in [5, 5.41) is 0. The normalized spacial score (nSPS) is 12.8. The number of hydrogen-bond acceptors (Lipinski definition) is 1. The third kappa shape index (κ3) is 4.46. The molecule has 1 aromatic carbocycles. The Balaban J connectivity index is 2.83. The second-order valence-corrected chi connectivity index (χ2v) is 3.88. The molecule has 1 nitrogen and oxygen atoms in total. The fraction of sp³-hybridized carbons (Fsp3) is 0.455. The summed E-state index contributed by atoms with van der Waals surface area (Å²) in [6.07, 6.45) is -10.7. The first-order valence-corrected chi connectivity index (χ1v) is 5.12. The van der Waals surface area contributed by atoms with Crippen molar-refractivity contribution in [3.05, 3.63) is 29.3 Å². The topological polar surface area (TPSA) is 26.0 Å². The van der Waals surface area contributed by atoms with Gasteiger partial charge in [-0.15, -0.1) is 0 Å². The van der Waals surface area contributed by atoms with Gasteiger partial charge in [-0.1, -0.05) is 6.07 Å². The molecule has 1 rings (SSSR count). The number of halogens is 6. The van der Waals surface area contributed by atoms with E-state index in [4.69, 9.17) is 5.73 Å². The number of benzene rings is 1. The van der Waals surface area contributed by atoms with Crippen LogP contribution in [-0.2, 0) is 12.6 Å². The lowest BCUT2D eigenvalue weighted by Gasteiger charge is -2.14. The van der Waals surface area contributed by atoms with Gasteiger partial charge in [0.25, 0.3) is 0 Å². The van der Waals surface area contributed by atoms with Crippen molar-refractivity contribution in [1.82, 2.24) is 0 Å². The average Bonchev–Trinajstić information content (AvgIpc) is 2.17. The zero-order valence-electron chi connectivity index (χ0n) is 9.20. The molecule has 0 unspecified atom stereocenters. The van der Waals surface area contributed by atoms with Gasteiger partial charge in [0.2, 0.25) is 0 Å². The van der Waals surface area contributed by atoms with Crippen LogP contribution in [0, 0.1) is 0 Å². The molecule has 0 radical (unpaired) electrons. The molecule has 0 bridgehead atoms. The Labute approximate surface area is 99.6 Å². The van der Waals surface area contributed by atoms with Gasteiger partial charge >= 0.3 is 12.4 Å². The lowest BCUT2D eigenvalue weighted by atomic mass is 10.0. The first kappa shape index (κ1) is 14.7. The van der Waals surface area contributed by atoms with Crippen molar-refractivity contribution in [2.45, 2.75) is 31.6 Å². The maximum Gasteiger partial charge on any atom is 0.416 e. The molecule has 18 heavy (non-hydrogen) atoms. The summed E-state index contributed by atoms with van der Waals surface area (Å²) >= 11 is 0. The lowest BCUT2D eigenvalue weighted by Crippen LogP contribution is -2.12. The molecule has 0 aliphatic rings. The molecule has 0 aliphatic carbocycles. The van der Waals surface area contributed by atoms with Gasteiger partial charge in [-0.3, -0.25) is 0 Å². The maximum absolute atomic E-state index is 12.6. The second kappa shape index (κ2) is 5.07. The molecule has 102 valence electrons. The predicted molar refractivity (Wildman–Crippen MR) is 54.8 cm³/mol. The number of hydrogen-bond donors (Lipinski definition) is 1. The van der Waals surface area contributed by atoms with Gasteiger partial charge < -0.3 is 5.73 Å². The number of nitrogen functional groups attached to an aromatic ring is 1. The van der Waals surface area contributed by atoms with E-state index in [1.54, 1.807) is 0 Å². The molecule has 1 aromatic rings. The number of aryl methyl sites for hydroxylation is 1. The van der Waals surface area contributed by atoms with Crippen LogP contribution >= 0.6 is 0 Å². The van der Waals surface area contributed by atoms with Crippen LogP contribution < -0.4 is 5.73 Å². The first-order chi connectivity index (χ1) is 8.09. The fourth-order valence-corrected chi connectivity index (χ4v) is 1.56. The lowest BCUT2D eigenvalue weighted by molar-refractivity contribution is -0.138. The van der Waals surface area contributed by atoms with Crippen LogP contribution in [0.3, 0.4) is 0 Å². The molecule has 0 aliphatic heterocycles. The summed E-state index contributed by atoms with van der Waals surface area (Å²) < 4.78 is 73.6. The van der Waals surface area contributed by atoms with Crippen molar-refractivity contribution in [3.8, 4) is 0 Å². The van der Waals surface area contributed by atoms with E-state index < -0.39 is 24.3 Å². The highest BCUT2D eigenvalue weighted by Crippen LogP contribution is 2.34. The third-order valence-electron chi connectivity index (χ3n) is 2.35. The number of alkyl halides is 6. The van der Waals surface area contributed by atoms with E-state index in [-0.39, 0.29) is 24.1 Å². The Hall–Kier alpha value is -1.40. The van der Waals surface area contributed by atoms with Gasteiger partial charge in [0, 0.05) is 12.1 Å². The summed E-state index contributed by atoms with van der Waals surface area (Å²) in [5.41, 5.74) is 4.04. The van der Waals surface area contributed by atoms with Crippen LogP contribution in [-0.4, -0.2) is 6.18 Å². The fourth-order valence-electron chi connectivity index (χ4n) is 1.56. The van der Waals surface area contributed by atoms with E-state index >= 15 is 0 Å². The van der Waals surface area contributed by atoms with Crippen molar-refractivity contribution in [2.24, 2.45) is 0 Å². The summed E-state index contributed by atoms with van der Waals surface area (Å²) in [5.74, 6) is 0. The second-order valence-electron chi connectivity index (χ2n) is 3.88. The highest BCUT2D eigenvalue weighted by Gasteiger charge is 2.33. The standard InChI is InChI=1S/C11H11F6N/c12-10(13,14)5-1-2-7-3-4-8(18)6-9(7)11(15,16)17/h3-4,6H,1-2,5,18H2. The van der Waals surface area contributed by atoms with E-state index in [0.29, 0.717) is 0 Å². The minimum absolute atomic E-state index is 0.0677. The molecule has 0 fully saturated rings. The smallest absolute Gasteiger partial charge is 0.399 e. The first-order valence-electron chi connectivity index (χ1n) is 5.12. The number of nitrogens with two attached hydrogens (primary N) is 1. The van der Waals surface area contributed by atoms with Crippen LogP contribution in [0.1, 0.15) is 24.0 Å². The molecule has 7 heteroatoms. The Morgan fingerprint density at radius 3 is 2.11 bits per heavy atom. The Bertz CT molecular complexity index is 407. The molecule has 0 heterocycles. The van der Waals surface area contributed by atoms with Crippen LogP contribution in [0.15, 0.2) is 18.2 Å². The maximum atomic E-state index is 12.6. The molecule has 0 spiro atoms. The van der Waals surface area contributed by atoms with Gasteiger partial charge in [0.1, 0.15) is 0 Å². The summed E-state index contributed by atoms with van der Waals surface area (Å²) in [4.78, 5) is 0. The molecule has 0 saturated carbocycles. The molecule has 2 N–H and O–H groups in total. The molecular formula is C11H11F6N. The molecule has 0 amide bonds. The molecule has 0 aromatic heterocycles. The zero-order valence-corrected chi connectivity index (χ0v) is 9.20. The van der Waals surface area contributed by atoms with Gasteiger partial charge in [-0.2, -0.15) is 26.3 Å². The SMILES string of the molecule is Nc1ccc(CCCC(F)(F)F)c(C(F)(F)F)c1. The summed E-state index contributed by atoms with van der Waals surface area (Å²) in [6, 6.07) is 3.11. The van der Waals surface area contributed by atoms with Crippen molar-refractivity contribution in [3.63, 3.8) is 0 Å². The predicted octanol–water partition coefficient (Wildman–Crippen LogP) is 4.17. The van der Waals surface area contributed by atoms with Gasteiger partial charge in [-0.05, 0) is 30.5 Å². The van der Waals surface area contributed by atoms with Crippen molar-refractivity contribution in [1.29, 1.82) is 0 Å². The van der Waals surface area contributed by atoms with E-state index in [1.807, 2.05) is 0 Å². The van der Waals surface area contributed by atoms with Gasteiger partial charge in [-0.25, -0.2) is 0 Å². The Morgan fingerprint density at radius 2 is 1.61 bits per heavy atom. The Morgan fingerprint density at radius 1 is 1.00 bits per heavy atom. The largest absolute Gasteiger partial charge is 0.416 e. The highest BCUT2D eigenvalue weighted by atomic mass is 19.4. The van der Waals surface area contributed by atoms with Gasteiger partial charge in [0.05, 0.1) is 5.56 Å². The van der Waals surface area contributed by atoms with Crippen molar-refractivity contribution < 1.29 is 26.3 Å². The number of anilines is 1. The van der Waals surface area contributed by atoms with Gasteiger partial charge in [0.15, 0.2) is 0 Å². The van der Waals surface area contributed by atoms with E-state index in [1.165, 1.54) is 6.07 Å². The average molecular weight is 271 g/mol. The van der Waals surface area contributed by atoms with Crippen LogP contribution in [0.2, 0.25) is 0 Å². The minimum Gasteiger partial charge on any atom is -0.399 e. The zero-order chi connectivity index (χ0) is 14.0. The van der Waals surface area contributed by atoms with E-state index in [2.05, 4.69) is 0 Å². The van der Waals surface area contributed by atoms with Crippen LogP contribution in [0.5, 0.6) is 0 Å². The van der Waals surface area contributed by atoms with E-state index in [9.17, 15) is 26.3 Å².